The fourth-order valence-electron chi connectivity index (χ4n) is 3.39. The second kappa shape index (κ2) is 11.6. The minimum Gasteiger partial charge on any atom is -0.457 e. The molecule has 0 aliphatic heterocycles. The second-order valence-electron chi connectivity index (χ2n) is 7.74. The van der Waals surface area contributed by atoms with Gasteiger partial charge in [0.1, 0.15) is 23.3 Å². The Bertz CT molecular complexity index is 1140. The highest BCUT2D eigenvalue weighted by atomic mass is 79.9. The van der Waals surface area contributed by atoms with E-state index in [2.05, 4.69) is 20.7 Å². The largest absolute Gasteiger partial charge is 0.457 e. The number of benzene rings is 3. The van der Waals surface area contributed by atoms with Gasteiger partial charge in [-0.25, -0.2) is 0 Å². The molecule has 0 saturated carbocycles. The van der Waals surface area contributed by atoms with E-state index >= 15 is 0 Å². The molecule has 3 rings (SSSR count). The summed E-state index contributed by atoms with van der Waals surface area (Å²) >= 11 is 3.37. The number of carbonyl (C=O) groups excluding carboxylic acids is 1. The SMILES string of the molecule is CC(C)[C@H](C(=O)O[C@@H](C#N)c1cccc(Oc2ccc(Br)cc2)c1)c1ccc(OC(F)F)cc1. The summed E-state index contributed by atoms with van der Waals surface area (Å²) in [7, 11) is 0. The van der Waals surface area contributed by atoms with Gasteiger partial charge in [-0.15, -0.1) is 0 Å². The highest BCUT2D eigenvalue weighted by Gasteiger charge is 2.29. The summed E-state index contributed by atoms with van der Waals surface area (Å²) in [6, 6.07) is 21.9. The van der Waals surface area contributed by atoms with Crippen molar-refractivity contribution >= 4 is 21.9 Å². The molecule has 2 atom stereocenters. The zero-order chi connectivity index (χ0) is 24.7. The lowest BCUT2D eigenvalue weighted by atomic mass is 9.88. The third-order valence-corrected chi connectivity index (χ3v) is 5.48. The van der Waals surface area contributed by atoms with Gasteiger partial charge in [-0.05, 0) is 60.0 Å². The van der Waals surface area contributed by atoms with Gasteiger partial charge in [-0.1, -0.05) is 54.0 Å². The first kappa shape index (κ1) is 25.2. The predicted molar refractivity (Wildman–Crippen MR) is 126 cm³/mol. The number of esters is 1. The van der Waals surface area contributed by atoms with Crippen LogP contribution in [-0.4, -0.2) is 12.6 Å². The first-order valence-corrected chi connectivity index (χ1v) is 11.2. The van der Waals surface area contributed by atoms with Gasteiger partial charge < -0.3 is 14.2 Å². The van der Waals surface area contributed by atoms with Crippen LogP contribution in [0.2, 0.25) is 0 Å². The maximum Gasteiger partial charge on any atom is 0.387 e. The van der Waals surface area contributed by atoms with E-state index in [1.54, 1.807) is 36.4 Å². The minimum atomic E-state index is -2.93. The molecule has 0 aromatic heterocycles. The molecule has 0 amide bonds. The van der Waals surface area contributed by atoms with Crippen LogP contribution < -0.4 is 9.47 Å². The van der Waals surface area contributed by atoms with Crippen LogP contribution in [0.3, 0.4) is 0 Å². The summed E-state index contributed by atoms with van der Waals surface area (Å²) < 4.78 is 41.5. The van der Waals surface area contributed by atoms with Crippen molar-refractivity contribution in [3.8, 4) is 23.3 Å². The Kier molecular flexibility index (Phi) is 8.61. The van der Waals surface area contributed by atoms with E-state index in [4.69, 9.17) is 9.47 Å². The summed E-state index contributed by atoms with van der Waals surface area (Å²) in [4.78, 5) is 13.0. The van der Waals surface area contributed by atoms with Crippen molar-refractivity contribution in [2.24, 2.45) is 5.92 Å². The second-order valence-corrected chi connectivity index (χ2v) is 8.66. The van der Waals surface area contributed by atoms with Crippen LogP contribution in [0.15, 0.2) is 77.3 Å². The van der Waals surface area contributed by atoms with Crippen molar-refractivity contribution in [3.05, 3.63) is 88.4 Å². The monoisotopic (exact) mass is 529 g/mol. The zero-order valence-electron chi connectivity index (χ0n) is 18.5. The van der Waals surface area contributed by atoms with E-state index in [1.165, 1.54) is 24.3 Å². The molecule has 0 bridgehead atoms. The Morgan fingerprint density at radius 1 is 0.912 bits per heavy atom. The van der Waals surface area contributed by atoms with Gasteiger partial charge in [0.05, 0.1) is 5.92 Å². The Hall–Kier alpha value is -3.44. The number of halogens is 3. The molecule has 0 aliphatic carbocycles. The van der Waals surface area contributed by atoms with Gasteiger partial charge >= 0.3 is 12.6 Å². The van der Waals surface area contributed by atoms with Crippen LogP contribution >= 0.6 is 15.9 Å². The van der Waals surface area contributed by atoms with Crippen molar-refractivity contribution in [1.82, 2.24) is 0 Å². The van der Waals surface area contributed by atoms with Crippen molar-refractivity contribution in [3.63, 3.8) is 0 Å². The Labute approximate surface area is 205 Å². The van der Waals surface area contributed by atoms with Crippen molar-refractivity contribution < 1.29 is 27.8 Å². The molecule has 34 heavy (non-hydrogen) atoms. The average Bonchev–Trinajstić information content (AvgIpc) is 2.80. The summed E-state index contributed by atoms with van der Waals surface area (Å²) in [6.45, 7) is 0.740. The molecular weight excluding hydrogens is 508 g/mol. The number of ether oxygens (including phenoxy) is 3. The maximum atomic E-state index is 13.0. The Morgan fingerprint density at radius 3 is 2.15 bits per heavy atom. The van der Waals surface area contributed by atoms with Crippen molar-refractivity contribution in [2.75, 3.05) is 0 Å². The molecule has 3 aromatic rings. The molecule has 176 valence electrons. The van der Waals surface area contributed by atoms with Crippen molar-refractivity contribution in [2.45, 2.75) is 32.5 Å². The van der Waals surface area contributed by atoms with Crippen molar-refractivity contribution in [1.29, 1.82) is 5.26 Å². The molecule has 0 fully saturated rings. The average molecular weight is 530 g/mol. The third-order valence-electron chi connectivity index (χ3n) is 4.95. The molecule has 5 nitrogen and oxygen atoms in total. The van der Waals surface area contributed by atoms with E-state index in [9.17, 15) is 18.8 Å². The molecule has 0 N–H and O–H groups in total. The standard InChI is InChI=1S/C26H22BrF2NO4/c1-16(2)24(17-6-10-21(11-7-17)33-26(28)29)25(31)34-23(15-30)18-4-3-5-22(14-18)32-20-12-8-19(27)9-13-20/h3-14,16,23-24,26H,1-2H3/t23-,24-/m0/s1. The Morgan fingerprint density at radius 2 is 1.56 bits per heavy atom. The van der Waals surface area contributed by atoms with E-state index < -0.39 is 24.6 Å². The highest BCUT2D eigenvalue weighted by Crippen LogP contribution is 2.32. The lowest BCUT2D eigenvalue weighted by Gasteiger charge is -2.22. The highest BCUT2D eigenvalue weighted by molar-refractivity contribution is 9.10. The van der Waals surface area contributed by atoms with Gasteiger partial charge in [0.2, 0.25) is 6.10 Å². The van der Waals surface area contributed by atoms with Crippen LogP contribution in [0.4, 0.5) is 8.78 Å². The van der Waals surface area contributed by atoms with E-state index in [-0.39, 0.29) is 11.7 Å². The summed E-state index contributed by atoms with van der Waals surface area (Å²) in [5.41, 5.74) is 1.04. The van der Waals surface area contributed by atoms with Gasteiger partial charge in [0.25, 0.3) is 0 Å². The molecule has 0 radical (unpaired) electrons. The number of nitriles is 1. The molecule has 0 aliphatic rings. The fourth-order valence-corrected chi connectivity index (χ4v) is 3.65. The number of hydrogen-bond acceptors (Lipinski definition) is 5. The molecule has 8 heteroatoms. The lowest BCUT2D eigenvalue weighted by Crippen LogP contribution is -2.22. The fraction of sp³-hybridized carbons (Fsp3) is 0.231. The third kappa shape index (κ3) is 6.78. The molecule has 0 unspecified atom stereocenters. The summed E-state index contributed by atoms with van der Waals surface area (Å²) in [5.74, 6) is -0.356. The van der Waals surface area contributed by atoms with Gasteiger partial charge in [0.15, 0.2) is 0 Å². The van der Waals surface area contributed by atoms with Gasteiger partial charge in [-0.2, -0.15) is 14.0 Å². The van der Waals surface area contributed by atoms with Crippen LogP contribution in [0.25, 0.3) is 0 Å². The molecule has 0 saturated heterocycles. The van der Waals surface area contributed by atoms with Gasteiger partial charge in [0, 0.05) is 10.0 Å². The normalized spacial score (nSPS) is 12.6. The smallest absolute Gasteiger partial charge is 0.387 e. The quantitative estimate of drug-likeness (QED) is 0.270. The van der Waals surface area contributed by atoms with Crippen LogP contribution in [0.5, 0.6) is 17.2 Å². The van der Waals surface area contributed by atoms with E-state index in [1.807, 2.05) is 32.0 Å². The number of carbonyl (C=O) groups is 1. The minimum absolute atomic E-state index is 0.00730. The first-order valence-electron chi connectivity index (χ1n) is 10.4. The number of alkyl halides is 2. The molecule has 0 spiro atoms. The topological polar surface area (TPSA) is 68.6 Å². The maximum absolute atomic E-state index is 13.0. The molecule has 3 aromatic carbocycles. The number of nitrogens with zero attached hydrogens (tertiary/aromatic N) is 1. The Balaban J connectivity index is 1.76. The molecule has 0 heterocycles. The number of rotatable bonds is 9. The number of hydrogen-bond donors (Lipinski definition) is 0. The van der Waals surface area contributed by atoms with Crippen LogP contribution in [-0.2, 0) is 9.53 Å². The molecular formula is C26H22BrF2NO4. The zero-order valence-corrected chi connectivity index (χ0v) is 20.0. The summed E-state index contributed by atoms with van der Waals surface area (Å²) in [5, 5.41) is 9.69. The first-order chi connectivity index (χ1) is 16.3. The van der Waals surface area contributed by atoms with Crippen LogP contribution in [0, 0.1) is 17.2 Å². The lowest BCUT2D eigenvalue weighted by molar-refractivity contribution is -0.150. The van der Waals surface area contributed by atoms with E-state index in [0.717, 1.165) is 4.47 Å². The predicted octanol–water partition coefficient (Wildman–Crippen LogP) is 7.39. The van der Waals surface area contributed by atoms with Crippen LogP contribution in [0.1, 0.15) is 37.0 Å². The summed E-state index contributed by atoms with van der Waals surface area (Å²) in [6.07, 6.45) is -1.15. The van der Waals surface area contributed by atoms with E-state index in [0.29, 0.717) is 22.6 Å². The van der Waals surface area contributed by atoms with Gasteiger partial charge in [-0.3, -0.25) is 4.79 Å².